The zero-order chi connectivity index (χ0) is 18.1. The summed E-state index contributed by atoms with van der Waals surface area (Å²) in [5, 5.41) is 0. The van der Waals surface area contributed by atoms with Crippen LogP contribution in [-0.2, 0) is 11.3 Å². The molecule has 130 valence electrons. The Hall–Kier alpha value is -2.89. The SMILES string of the molecule is COc1ccc(CN2C(=O)[C@H](C)N(c3ccc(C)cc3)C2=O)cc1F. The first kappa shape index (κ1) is 17.0. The van der Waals surface area contributed by atoms with Gasteiger partial charge in [-0.2, -0.15) is 0 Å². The van der Waals surface area contributed by atoms with Crippen LogP contribution in [0.1, 0.15) is 18.1 Å². The predicted octanol–water partition coefficient (Wildman–Crippen LogP) is 3.50. The Labute approximate surface area is 145 Å². The first-order valence-electron chi connectivity index (χ1n) is 7.96. The van der Waals surface area contributed by atoms with Gasteiger partial charge in [0.15, 0.2) is 11.6 Å². The average Bonchev–Trinajstić information content (AvgIpc) is 2.80. The Morgan fingerprint density at radius 3 is 2.40 bits per heavy atom. The number of carbonyl (C=O) groups is 2. The Kier molecular flexibility index (Phi) is 4.44. The van der Waals surface area contributed by atoms with Crippen LogP contribution in [0.25, 0.3) is 0 Å². The van der Waals surface area contributed by atoms with E-state index in [1.54, 1.807) is 13.0 Å². The molecule has 6 heteroatoms. The van der Waals surface area contributed by atoms with Crippen molar-refractivity contribution in [3.05, 3.63) is 59.4 Å². The molecule has 3 amide bonds. The number of halogens is 1. The van der Waals surface area contributed by atoms with Crippen molar-refractivity contribution in [2.45, 2.75) is 26.4 Å². The van der Waals surface area contributed by atoms with Crippen LogP contribution in [0.2, 0.25) is 0 Å². The van der Waals surface area contributed by atoms with Gasteiger partial charge >= 0.3 is 6.03 Å². The van der Waals surface area contributed by atoms with Gasteiger partial charge in [-0.1, -0.05) is 23.8 Å². The molecule has 2 aromatic rings. The maximum Gasteiger partial charge on any atom is 0.332 e. The van der Waals surface area contributed by atoms with Crippen molar-refractivity contribution in [2.75, 3.05) is 12.0 Å². The highest BCUT2D eigenvalue weighted by Crippen LogP contribution is 2.28. The number of amides is 3. The predicted molar refractivity (Wildman–Crippen MR) is 92.0 cm³/mol. The van der Waals surface area contributed by atoms with Crippen LogP contribution >= 0.6 is 0 Å². The third kappa shape index (κ3) is 3.07. The quantitative estimate of drug-likeness (QED) is 0.799. The summed E-state index contributed by atoms with van der Waals surface area (Å²) in [4.78, 5) is 27.9. The molecule has 0 N–H and O–H groups in total. The van der Waals surface area contributed by atoms with E-state index in [0.29, 0.717) is 11.3 Å². The Morgan fingerprint density at radius 1 is 1.12 bits per heavy atom. The second-order valence-electron chi connectivity index (χ2n) is 6.06. The normalized spacial score (nSPS) is 17.4. The van der Waals surface area contributed by atoms with Gasteiger partial charge in [0.25, 0.3) is 5.91 Å². The van der Waals surface area contributed by atoms with Crippen LogP contribution in [0, 0.1) is 12.7 Å². The summed E-state index contributed by atoms with van der Waals surface area (Å²) in [6.45, 7) is 3.66. The first-order valence-corrected chi connectivity index (χ1v) is 7.96. The first-order chi connectivity index (χ1) is 11.9. The second-order valence-corrected chi connectivity index (χ2v) is 6.06. The number of hydrogen-bond donors (Lipinski definition) is 0. The zero-order valence-electron chi connectivity index (χ0n) is 14.3. The summed E-state index contributed by atoms with van der Waals surface area (Å²) in [6.07, 6.45) is 0. The molecular weight excluding hydrogens is 323 g/mol. The summed E-state index contributed by atoms with van der Waals surface area (Å²) >= 11 is 0. The molecule has 1 atom stereocenters. The minimum atomic E-state index is -0.599. The molecule has 3 rings (SSSR count). The van der Waals surface area contributed by atoms with Crippen molar-refractivity contribution in [1.29, 1.82) is 0 Å². The van der Waals surface area contributed by atoms with E-state index in [2.05, 4.69) is 0 Å². The summed E-state index contributed by atoms with van der Waals surface area (Å²) in [7, 11) is 1.38. The highest BCUT2D eigenvalue weighted by molar-refractivity contribution is 6.13. The van der Waals surface area contributed by atoms with Crippen molar-refractivity contribution in [3.63, 3.8) is 0 Å². The lowest BCUT2D eigenvalue weighted by molar-refractivity contribution is -0.127. The Morgan fingerprint density at radius 2 is 1.80 bits per heavy atom. The van der Waals surface area contributed by atoms with Crippen LogP contribution in [0.15, 0.2) is 42.5 Å². The van der Waals surface area contributed by atoms with Gasteiger partial charge in [-0.3, -0.25) is 14.6 Å². The fourth-order valence-electron chi connectivity index (χ4n) is 2.90. The Bertz CT molecular complexity index is 820. The molecule has 5 nitrogen and oxygen atoms in total. The maximum absolute atomic E-state index is 13.9. The van der Waals surface area contributed by atoms with Gasteiger partial charge in [-0.25, -0.2) is 9.18 Å². The van der Waals surface area contributed by atoms with Gasteiger partial charge in [0.05, 0.1) is 13.7 Å². The molecule has 1 aliphatic heterocycles. The van der Waals surface area contributed by atoms with Crippen LogP contribution < -0.4 is 9.64 Å². The lowest BCUT2D eigenvalue weighted by atomic mass is 10.2. The number of carbonyl (C=O) groups excluding carboxylic acids is 2. The van der Waals surface area contributed by atoms with Crippen molar-refractivity contribution in [2.24, 2.45) is 0 Å². The van der Waals surface area contributed by atoms with Crippen molar-refractivity contribution in [3.8, 4) is 5.75 Å². The second kappa shape index (κ2) is 6.55. The highest BCUT2D eigenvalue weighted by atomic mass is 19.1. The molecule has 1 heterocycles. The van der Waals surface area contributed by atoms with E-state index in [-0.39, 0.29) is 18.2 Å². The summed E-state index contributed by atoms with van der Waals surface area (Å²) in [5.74, 6) is -0.707. The number of nitrogens with zero attached hydrogens (tertiary/aromatic N) is 2. The van der Waals surface area contributed by atoms with Gasteiger partial charge in [0, 0.05) is 5.69 Å². The van der Waals surface area contributed by atoms with Crippen LogP contribution in [0.4, 0.5) is 14.9 Å². The third-order valence-corrected chi connectivity index (χ3v) is 4.32. The molecular formula is C19H19FN2O3. The monoisotopic (exact) mass is 342 g/mol. The smallest absolute Gasteiger partial charge is 0.332 e. The van der Waals surface area contributed by atoms with E-state index >= 15 is 0 Å². The summed E-state index contributed by atoms with van der Waals surface area (Å²) < 4.78 is 18.7. The molecule has 0 aromatic heterocycles. The van der Waals surface area contributed by atoms with Crippen molar-refractivity contribution in [1.82, 2.24) is 4.90 Å². The van der Waals surface area contributed by atoms with Crippen LogP contribution in [0.3, 0.4) is 0 Å². The minimum absolute atomic E-state index is 0.0191. The third-order valence-electron chi connectivity index (χ3n) is 4.32. The van der Waals surface area contributed by atoms with E-state index in [9.17, 15) is 14.0 Å². The molecule has 0 saturated carbocycles. The summed E-state index contributed by atoms with van der Waals surface area (Å²) in [6, 6.07) is 10.8. The standard InChI is InChI=1S/C19H19FN2O3/c1-12-4-7-15(8-5-12)22-13(2)18(23)21(19(22)24)11-14-6-9-17(25-3)16(20)10-14/h4-10,13H,11H2,1-3H3/t13-/m0/s1. The molecule has 0 aliphatic carbocycles. The fraction of sp³-hybridized carbons (Fsp3) is 0.263. The molecule has 25 heavy (non-hydrogen) atoms. The molecule has 0 bridgehead atoms. The van der Waals surface area contributed by atoms with Gasteiger partial charge in [-0.15, -0.1) is 0 Å². The molecule has 0 radical (unpaired) electrons. The lowest BCUT2D eigenvalue weighted by Gasteiger charge is -2.19. The topological polar surface area (TPSA) is 49.9 Å². The highest BCUT2D eigenvalue weighted by Gasteiger charge is 2.43. The average molecular weight is 342 g/mol. The number of anilines is 1. The van der Waals surface area contributed by atoms with Crippen molar-refractivity contribution >= 4 is 17.6 Å². The largest absolute Gasteiger partial charge is 0.494 e. The minimum Gasteiger partial charge on any atom is -0.494 e. The number of urea groups is 1. The van der Waals surface area contributed by atoms with Crippen molar-refractivity contribution < 1.29 is 18.7 Å². The maximum atomic E-state index is 13.9. The molecule has 1 fully saturated rings. The molecule has 0 spiro atoms. The molecule has 1 saturated heterocycles. The Balaban J connectivity index is 1.85. The van der Waals surface area contributed by atoms with E-state index in [1.807, 2.05) is 31.2 Å². The molecule has 0 unspecified atom stereocenters. The van der Waals surface area contributed by atoms with E-state index in [0.717, 1.165) is 10.5 Å². The van der Waals surface area contributed by atoms with E-state index in [1.165, 1.54) is 24.1 Å². The number of hydrogen-bond acceptors (Lipinski definition) is 3. The zero-order valence-corrected chi connectivity index (χ0v) is 14.3. The number of benzene rings is 2. The number of rotatable bonds is 4. The van der Waals surface area contributed by atoms with Gasteiger partial charge in [0.2, 0.25) is 0 Å². The van der Waals surface area contributed by atoms with E-state index in [4.69, 9.17) is 4.74 Å². The fourth-order valence-corrected chi connectivity index (χ4v) is 2.90. The molecule has 1 aliphatic rings. The molecule has 2 aromatic carbocycles. The van der Waals surface area contributed by atoms with Gasteiger partial charge in [-0.05, 0) is 43.7 Å². The van der Waals surface area contributed by atoms with E-state index < -0.39 is 17.9 Å². The number of imide groups is 1. The van der Waals surface area contributed by atoms with Gasteiger partial charge in [0.1, 0.15) is 6.04 Å². The lowest BCUT2D eigenvalue weighted by Crippen LogP contribution is -2.33. The van der Waals surface area contributed by atoms with Crippen LogP contribution in [-0.4, -0.2) is 30.0 Å². The number of aryl methyl sites for hydroxylation is 1. The summed E-state index contributed by atoms with van der Waals surface area (Å²) in [5.41, 5.74) is 2.26. The van der Waals surface area contributed by atoms with Crippen LogP contribution in [0.5, 0.6) is 5.75 Å². The number of ether oxygens (including phenoxy) is 1. The number of methoxy groups -OCH3 is 1. The van der Waals surface area contributed by atoms with Gasteiger partial charge < -0.3 is 4.74 Å².